The molecule has 100 valence electrons. The summed E-state index contributed by atoms with van der Waals surface area (Å²) >= 11 is 2.67. The molecule has 0 radical (unpaired) electrons. The van der Waals surface area contributed by atoms with Crippen LogP contribution in [0.4, 0.5) is 0 Å². The van der Waals surface area contributed by atoms with Gasteiger partial charge in [-0.3, -0.25) is 10.2 Å². The van der Waals surface area contributed by atoms with Crippen LogP contribution in [0, 0.1) is 12.3 Å². The number of hydrogen-bond donors (Lipinski definition) is 1. The average molecular weight is 300 g/mol. The van der Waals surface area contributed by atoms with Gasteiger partial charge in [0.25, 0.3) is 0 Å². The summed E-state index contributed by atoms with van der Waals surface area (Å²) in [6, 6.07) is 7.99. The van der Waals surface area contributed by atoms with E-state index in [1.807, 2.05) is 42.6 Å². The Morgan fingerprint density at radius 2 is 2.05 bits per heavy atom. The van der Waals surface area contributed by atoms with Gasteiger partial charge < -0.3 is 0 Å². The summed E-state index contributed by atoms with van der Waals surface area (Å²) in [5.74, 6) is -0.521. The van der Waals surface area contributed by atoms with Crippen molar-refractivity contribution in [2.75, 3.05) is 0 Å². The fraction of sp³-hybridized carbons (Fsp3) is 0.133. The molecule has 0 saturated carbocycles. The van der Waals surface area contributed by atoms with Gasteiger partial charge in [0.15, 0.2) is 5.78 Å². The molecule has 3 nitrogen and oxygen atoms in total. The lowest BCUT2D eigenvalue weighted by Crippen LogP contribution is -2.11. The minimum Gasteiger partial charge on any atom is -0.297 e. The van der Waals surface area contributed by atoms with E-state index in [-0.39, 0.29) is 5.78 Å². The quantitative estimate of drug-likeness (QED) is 0.857. The molecule has 0 aliphatic carbocycles. The van der Waals surface area contributed by atoms with Gasteiger partial charge in [0, 0.05) is 11.6 Å². The topological polar surface area (TPSA) is 53.8 Å². The number of thiazole rings is 1. The zero-order valence-corrected chi connectivity index (χ0v) is 12.4. The summed E-state index contributed by atoms with van der Waals surface area (Å²) in [7, 11) is 0. The van der Waals surface area contributed by atoms with Gasteiger partial charge in [-0.1, -0.05) is 41.6 Å². The third kappa shape index (κ3) is 2.46. The lowest BCUT2D eigenvalue weighted by molar-refractivity contribution is -0.114. The van der Waals surface area contributed by atoms with E-state index in [9.17, 15) is 4.79 Å². The van der Waals surface area contributed by atoms with Gasteiger partial charge in [0.1, 0.15) is 10.9 Å². The summed E-state index contributed by atoms with van der Waals surface area (Å²) < 4.78 is 0. The van der Waals surface area contributed by atoms with E-state index in [1.54, 1.807) is 6.20 Å². The van der Waals surface area contributed by atoms with E-state index < -0.39 is 5.92 Å². The summed E-state index contributed by atoms with van der Waals surface area (Å²) in [6.45, 7) is 2.03. The molecule has 1 fully saturated rings. The molecule has 1 aliphatic heterocycles. The van der Waals surface area contributed by atoms with Crippen LogP contribution in [0.3, 0.4) is 0 Å². The Balaban J connectivity index is 1.91. The highest BCUT2D eigenvalue weighted by molar-refractivity contribution is 8.19. The zero-order valence-electron chi connectivity index (χ0n) is 10.8. The Morgan fingerprint density at radius 1 is 1.30 bits per heavy atom. The SMILES string of the molecule is Cc1ccc(C=C2SC(=N)C(c3nccs3)C2=O)cc1. The number of aromatic nitrogens is 1. The molecule has 1 aromatic heterocycles. The van der Waals surface area contributed by atoms with Gasteiger partial charge in [-0.2, -0.15) is 0 Å². The summed E-state index contributed by atoms with van der Waals surface area (Å²) in [5.41, 5.74) is 2.17. The van der Waals surface area contributed by atoms with Gasteiger partial charge in [-0.05, 0) is 18.6 Å². The van der Waals surface area contributed by atoms with Crippen LogP contribution >= 0.6 is 23.1 Å². The van der Waals surface area contributed by atoms with Gasteiger partial charge in [-0.25, -0.2) is 4.98 Å². The molecule has 5 heteroatoms. The van der Waals surface area contributed by atoms with Crippen molar-refractivity contribution in [2.24, 2.45) is 0 Å². The highest BCUT2D eigenvalue weighted by atomic mass is 32.2. The average Bonchev–Trinajstić information content (AvgIpc) is 3.02. The van der Waals surface area contributed by atoms with E-state index in [2.05, 4.69) is 4.98 Å². The van der Waals surface area contributed by atoms with Gasteiger partial charge in [0.2, 0.25) is 0 Å². The number of allylic oxidation sites excluding steroid dienone is 1. The second-order valence-electron chi connectivity index (χ2n) is 4.55. The normalized spacial score (nSPS) is 20.9. The van der Waals surface area contributed by atoms with Crippen molar-refractivity contribution in [3.8, 4) is 0 Å². The van der Waals surface area contributed by atoms with Crippen LogP contribution in [0.2, 0.25) is 0 Å². The molecule has 1 aromatic carbocycles. The monoisotopic (exact) mass is 300 g/mol. The molecule has 3 rings (SSSR count). The molecule has 0 amide bonds. The number of nitrogens with zero attached hydrogens (tertiary/aromatic N) is 1. The first kappa shape index (κ1) is 13.3. The fourth-order valence-corrected chi connectivity index (χ4v) is 3.81. The van der Waals surface area contributed by atoms with E-state index in [0.29, 0.717) is 15.0 Å². The van der Waals surface area contributed by atoms with Gasteiger partial charge >= 0.3 is 0 Å². The van der Waals surface area contributed by atoms with Crippen LogP contribution in [0.5, 0.6) is 0 Å². The lowest BCUT2D eigenvalue weighted by Gasteiger charge is -2.01. The molecule has 1 atom stereocenters. The van der Waals surface area contributed by atoms with Crippen molar-refractivity contribution in [2.45, 2.75) is 12.8 Å². The number of rotatable bonds is 2. The highest BCUT2D eigenvalue weighted by Gasteiger charge is 2.38. The minimum absolute atomic E-state index is 0.0180. The van der Waals surface area contributed by atoms with Crippen LogP contribution < -0.4 is 0 Å². The summed E-state index contributed by atoms with van der Waals surface area (Å²) in [4.78, 5) is 17.2. The summed E-state index contributed by atoms with van der Waals surface area (Å²) in [5, 5.41) is 10.9. The third-order valence-electron chi connectivity index (χ3n) is 3.06. The molecule has 1 N–H and O–H groups in total. The Bertz CT molecular complexity index is 687. The third-order valence-corrected chi connectivity index (χ3v) is 4.90. The zero-order chi connectivity index (χ0) is 14.1. The van der Waals surface area contributed by atoms with Crippen molar-refractivity contribution in [3.05, 3.63) is 56.9 Å². The van der Waals surface area contributed by atoms with Crippen molar-refractivity contribution in [3.63, 3.8) is 0 Å². The number of ketones is 1. The Kier molecular flexibility index (Phi) is 3.54. The van der Waals surface area contributed by atoms with Crippen LogP contribution in [-0.4, -0.2) is 15.8 Å². The molecule has 20 heavy (non-hydrogen) atoms. The van der Waals surface area contributed by atoms with Crippen LogP contribution in [0.1, 0.15) is 22.1 Å². The maximum absolute atomic E-state index is 12.4. The Labute approximate surface area is 125 Å². The first-order valence-corrected chi connectivity index (χ1v) is 7.83. The number of carbonyl (C=O) groups excluding carboxylic acids is 1. The maximum Gasteiger partial charge on any atom is 0.186 e. The minimum atomic E-state index is -0.503. The van der Waals surface area contributed by atoms with Crippen LogP contribution in [0.25, 0.3) is 6.08 Å². The Morgan fingerprint density at radius 3 is 2.70 bits per heavy atom. The number of carbonyl (C=O) groups is 1. The molecule has 2 aromatic rings. The number of nitrogens with one attached hydrogen (secondary N) is 1. The highest BCUT2D eigenvalue weighted by Crippen LogP contribution is 2.41. The van der Waals surface area contributed by atoms with Crippen molar-refractivity contribution < 1.29 is 4.79 Å². The first-order valence-electron chi connectivity index (χ1n) is 6.13. The van der Waals surface area contributed by atoms with Gasteiger partial charge in [-0.15, -0.1) is 11.3 Å². The summed E-state index contributed by atoms with van der Waals surface area (Å²) in [6.07, 6.45) is 3.53. The molecule has 1 aliphatic rings. The predicted octanol–water partition coefficient (Wildman–Crippen LogP) is 3.87. The van der Waals surface area contributed by atoms with Crippen molar-refractivity contribution >= 4 is 40.0 Å². The van der Waals surface area contributed by atoms with E-state index >= 15 is 0 Å². The first-order chi connectivity index (χ1) is 9.65. The second kappa shape index (κ2) is 5.34. The molecular formula is C15H12N2OS2. The van der Waals surface area contributed by atoms with Gasteiger partial charge in [0.05, 0.1) is 9.95 Å². The molecule has 0 bridgehead atoms. The van der Waals surface area contributed by atoms with Crippen molar-refractivity contribution in [1.82, 2.24) is 4.98 Å². The molecule has 1 unspecified atom stereocenters. The number of thioether (sulfide) groups is 1. The number of benzene rings is 1. The lowest BCUT2D eigenvalue weighted by atomic mass is 10.0. The predicted molar refractivity (Wildman–Crippen MR) is 84.3 cm³/mol. The fourth-order valence-electron chi connectivity index (χ4n) is 2.00. The second-order valence-corrected chi connectivity index (χ2v) is 6.56. The Hall–Kier alpha value is -1.72. The smallest absolute Gasteiger partial charge is 0.186 e. The number of Topliss-reactive ketones (excluding diaryl/α,β-unsaturated/α-hetero) is 1. The molecule has 2 heterocycles. The van der Waals surface area contributed by atoms with Crippen LogP contribution in [0.15, 0.2) is 40.7 Å². The van der Waals surface area contributed by atoms with Crippen LogP contribution in [-0.2, 0) is 4.79 Å². The number of hydrogen-bond acceptors (Lipinski definition) is 5. The van der Waals surface area contributed by atoms with E-state index in [4.69, 9.17) is 5.41 Å². The standard InChI is InChI=1S/C15H12N2OS2/c1-9-2-4-10(5-3-9)8-11-13(18)12(14(16)20-11)15-17-6-7-19-15/h2-8,12,16H,1H3. The van der Waals surface area contributed by atoms with E-state index in [0.717, 1.165) is 5.56 Å². The molecular weight excluding hydrogens is 288 g/mol. The van der Waals surface area contributed by atoms with E-state index in [1.165, 1.54) is 28.7 Å². The molecule has 1 saturated heterocycles. The maximum atomic E-state index is 12.4. The molecule has 0 spiro atoms. The van der Waals surface area contributed by atoms with Crippen molar-refractivity contribution in [1.29, 1.82) is 5.41 Å². The largest absolute Gasteiger partial charge is 0.297 e. The number of aryl methyl sites for hydroxylation is 1.